The molecule has 0 radical (unpaired) electrons. The Kier molecular flexibility index (Phi) is 27.6. The maximum Gasteiger partial charge on any atom is 0.306 e. The van der Waals surface area contributed by atoms with Crippen LogP contribution in [0.4, 0.5) is 0 Å². The summed E-state index contributed by atoms with van der Waals surface area (Å²) in [5, 5.41) is 0. The second-order valence-electron chi connectivity index (χ2n) is 11.3. The summed E-state index contributed by atoms with van der Waals surface area (Å²) < 4.78 is 6.22. The van der Waals surface area contributed by atoms with E-state index >= 15 is 0 Å². The van der Waals surface area contributed by atoms with Gasteiger partial charge in [0.15, 0.2) is 0 Å². The van der Waals surface area contributed by atoms with Gasteiger partial charge in [-0.1, -0.05) is 95.8 Å². The summed E-state index contributed by atoms with van der Waals surface area (Å²) in [5.41, 5.74) is 0. The molecule has 222 valence electrons. The third-order valence-electron chi connectivity index (χ3n) is 7.24. The fraction of sp³-hybridized carbons (Fsp3) is 0.800. The summed E-state index contributed by atoms with van der Waals surface area (Å²) in [6.45, 7) is 7.70. The Bertz CT molecular complexity index is 569. The topological polar surface area (TPSA) is 29.5 Å². The monoisotopic (exact) mass is 532 g/mol. The zero-order valence-corrected chi connectivity index (χ0v) is 26.2. The van der Waals surface area contributed by atoms with Gasteiger partial charge in [0.05, 0.1) is 0 Å². The summed E-state index contributed by atoms with van der Waals surface area (Å²) in [5.74, 6) is 0.404. The molecule has 0 heterocycles. The molecule has 38 heavy (non-hydrogen) atoms. The van der Waals surface area contributed by atoms with Gasteiger partial charge in [0.1, 0.15) is 6.10 Å². The highest BCUT2D eigenvalue weighted by molar-refractivity contribution is 5.69. The molecule has 0 saturated carbocycles. The number of allylic oxidation sites excluding steroid dienone is 6. The average Bonchev–Trinajstić information content (AvgIpc) is 2.89. The Morgan fingerprint density at radius 2 is 1.03 bits per heavy atom. The minimum Gasteiger partial charge on any atom is -0.462 e. The summed E-state index contributed by atoms with van der Waals surface area (Å²) in [4.78, 5) is 14.9. The van der Waals surface area contributed by atoms with Crippen molar-refractivity contribution in [3.63, 3.8) is 0 Å². The summed E-state index contributed by atoms with van der Waals surface area (Å²) in [6, 6.07) is 0. The molecule has 0 aliphatic carbocycles. The highest BCUT2D eigenvalue weighted by Crippen LogP contribution is 2.26. The second kappa shape index (κ2) is 28.7. The van der Waals surface area contributed by atoms with Crippen LogP contribution >= 0.6 is 0 Å². The van der Waals surface area contributed by atoms with Gasteiger partial charge < -0.3 is 9.64 Å². The standard InChI is InChI=1S/C35H65NO2/c1-6-9-12-15-18-21-24-28-33(29-25-22-19-16-13-10-7-2)34(30-26-23-20-17-14-11-8-3)38-35(37)31-27-32-36(4)5/h18-23,33-34H,6-17,24-32H2,1-5H3. The van der Waals surface area contributed by atoms with Crippen LogP contribution in [-0.2, 0) is 9.53 Å². The number of ether oxygens (including phenoxy) is 1. The van der Waals surface area contributed by atoms with Crippen molar-refractivity contribution in [2.75, 3.05) is 20.6 Å². The van der Waals surface area contributed by atoms with E-state index in [1.54, 1.807) is 0 Å². The molecular formula is C35H65NO2. The van der Waals surface area contributed by atoms with Crippen LogP contribution in [0.1, 0.15) is 149 Å². The lowest BCUT2D eigenvalue weighted by molar-refractivity contribution is -0.152. The molecule has 1 unspecified atom stereocenters. The molecule has 0 saturated heterocycles. The van der Waals surface area contributed by atoms with Crippen molar-refractivity contribution < 1.29 is 9.53 Å². The van der Waals surface area contributed by atoms with E-state index in [-0.39, 0.29) is 12.1 Å². The quantitative estimate of drug-likeness (QED) is 0.0599. The van der Waals surface area contributed by atoms with E-state index < -0.39 is 0 Å². The van der Waals surface area contributed by atoms with Gasteiger partial charge in [0.25, 0.3) is 0 Å². The maximum atomic E-state index is 12.8. The number of unbranched alkanes of at least 4 members (excludes halogenated alkanes) is 9. The van der Waals surface area contributed by atoms with Crippen molar-refractivity contribution in [1.29, 1.82) is 0 Å². The van der Waals surface area contributed by atoms with Crippen molar-refractivity contribution >= 4 is 5.97 Å². The van der Waals surface area contributed by atoms with E-state index in [1.165, 1.54) is 70.6 Å². The first-order valence-electron chi connectivity index (χ1n) is 16.3. The van der Waals surface area contributed by atoms with E-state index in [0.717, 1.165) is 57.9 Å². The van der Waals surface area contributed by atoms with E-state index in [4.69, 9.17) is 4.74 Å². The Morgan fingerprint density at radius 1 is 0.605 bits per heavy atom. The van der Waals surface area contributed by atoms with Gasteiger partial charge >= 0.3 is 5.97 Å². The number of nitrogens with zero attached hydrogens (tertiary/aromatic N) is 1. The van der Waals surface area contributed by atoms with Crippen LogP contribution in [0.3, 0.4) is 0 Å². The fourth-order valence-electron chi connectivity index (χ4n) is 4.80. The molecule has 3 heteroatoms. The number of hydrogen-bond donors (Lipinski definition) is 0. The number of carbonyl (C=O) groups is 1. The molecule has 0 aromatic carbocycles. The minimum atomic E-state index is -0.0148. The normalized spacial score (nSPS) is 13.8. The Morgan fingerprint density at radius 3 is 1.45 bits per heavy atom. The third-order valence-corrected chi connectivity index (χ3v) is 7.24. The molecule has 0 amide bonds. The molecule has 0 aromatic heterocycles. The largest absolute Gasteiger partial charge is 0.462 e. The van der Waals surface area contributed by atoms with Crippen molar-refractivity contribution in [1.82, 2.24) is 4.90 Å². The van der Waals surface area contributed by atoms with E-state index in [1.807, 2.05) is 0 Å². The maximum absolute atomic E-state index is 12.8. The van der Waals surface area contributed by atoms with Crippen LogP contribution in [0.2, 0.25) is 0 Å². The van der Waals surface area contributed by atoms with Crippen LogP contribution in [-0.4, -0.2) is 37.6 Å². The molecule has 0 aliphatic heterocycles. The van der Waals surface area contributed by atoms with Crippen LogP contribution in [0.25, 0.3) is 0 Å². The lowest BCUT2D eigenvalue weighted by atomic mass is 9.88. The molecule has 0 aromatic rings. The Labute approximate surface area is 238 Å². The zero-order valence-electron chi connectivity index (χ0n) is 26.2. The van der Waals surface area contributed by atoms with Gasteiger partial charge in [-0.15, -0.1) is 0 Å². The lowest BCUT2D eigenvalue weighted by Gasteiger charge is -2.27. The average molecular weight is 532 g/mol. The smallest absolute Gasteiger partial charge is 0.306 e. The molecule has 0 N–H and O–H groups in total. The van der Waals surface area contributed by atoms with Crippen LogP contribution < -0.4 is 0 Å². The van der Waals surface area contributed by atoms with E-state index in [2.05, 4.69) is 76.2 Å². The van der Waals surface area contributed by atoms with Gasteiger partial charge in [-0.2, -0.15) is 0 Å². The Balaban J connectivity index is 5.15. The summed E-state index contributed by atoms with van der Waals surface area (Å²) in [6.07, 6.45) is 36.9. The van der Waals surface area contributed by atoms with Gasteiger partial charge in [-0.25, -0.2) is 0 Å². The second-order valence-corrected chi connectivity index (χ2v) is 11.3. The zero-order chi connectivity index (χ0) is 28.1. The van der Waals surface area contributed by atoms with Crippen molar-refractivity contribution in [3.8, 4) is 0 Å². The van der Waals surface area contributed by atoms with Crippen LogP contribution in [0.15, 0.2) is 36.5 Å². The van der Waals surface area contributed by atoms with Crippen molar-refractivity contribution in [2.24, 2.45) is 5.92 Å². The molecule has 0 rings (SSSR count). The van der Waals surface area contributed by atoms with Crippen LogP contribution in [0.5, 0.6) is 0 Å². The summed E-state index contributed by atoms with van der Waals surface area (Å²) >= 11 is 0. The molecule has 0 aliphatic rings. The first-order chi connectivity index (χ1) is 18.5. The molecule has 0 spiro atoms. The van der Waals surface area contributed by atoms with E-state index in [0.29, 0.717) is 12.3 Å². The van der Waals surface area contributed by atoms with Gasteiger partial charge in [-0.05, 0) is 110 Å². The fourth-order valence-corrected chi connectivity index (χ4v) is 4.80. The van der Waals surface area contributed by atoms with Gasteiger partial charge in [0, 0.05) is 6.42 Å². The molecule has 0 fully saturated rings. The highest BCUT2D eigenvalue weighted by atomic mass is 16.5. The predicted molar refractivity (Wildman–Crippen MR) is 169 cm³/mol. The van der Waals surface area contributed by atoms with Gasteiger partial charge in [0.2, 0.25) is 0 Å². The minimum absolute atomic E-state index is 0.0148. The first-order valence-corrected chi connectivity index (χ1v) is 16.3. The Hall–Kier alpha value is -1.35. The SMILES string of the molecule is CCCCCC=CCCC(CCC=CCCCCC)C(CCC=CCCCCC)OC(=O)CCCN(C)C. The molecule has 0 bridgehead atoms. The highest BCUT2D eigenvalue weighted by Gasteiger charge is 2.24. The lowest BCUT2D eigenvalue weighted by Crippen LogP contribution is -2.27. The first kappa shape index (κ1) is 36.6. The van der Waals surface area contributed by atoms with Crippen molar-refractivity contribution in [3.05, 3.63) is 36.5 Å². The number of hydrogen-bond acceptors (Lipinski definition) is 3. The van der Waals surface area contributed by atoms with Gasteiger partial charge in [-0.3, -0.25) is 4.79 Å². The molecule has 1 atom stereocenters. The van der Waals surface area contributed by atoms with Crippen molar-refractivity contribution in [2.45, 2.75) is 155 Å². The summed E-state index contributed by atoms with van der Waals surface area (Å²) in [7, 11) is 4.12. The number of carbonyl (C=O) groups excluding carboxylic acids is 1. The van der Waals surface area contributed by atoms with E-state index in [9.17, 15) is 4.79 Å². The van der Waals surface area contributed by atoms with Crippen LogP contribution in [0, 0.1) is 5.92 Å². The predicted octanol–water partition coefficient (Wildman–Crippen LogP) is 10.6. The molecular weight excluding hydrogens is 466 g/mol. The number of rotatable bonds is 27. The molecule has 3 nitrogen and oxygen atoms in total. The third kappa shape index (κ3) is 25.0. The number of esters is 1.